The van der Waals surface area contributed by atoms with Crippen molar-refractivity contribution < 1.29 is 19.1 Å². The van der Waals surface area contributed by atoms with Gasteiger partial charge in [-0.3, -0.25) is 9.59 Å². The molecule has 22 heavy (non-hydrogen) atoms. The zero-order valence-electron chi connectivity index (χ0n) is 12.3. The number of benzene rings is 1. The zero-order valence-corrected chi connectivity index (χ0v) is 12.3. The first-order chi connectivity index (χ1) is 10.5. The highest BCUT2D eigenvalue weighted by Gasteiger charge is 2.20. The first kappa shape index (κ1) is 16.4. The molecule has 0 bridgehead atoms. The van der Waals surface area contributed by atoms with E-state index >= 15 is 0 Å². The van der Waals surface area contributed by atoms with Gasteiger partial charge in [-0.2, -0.15) is 0 Å². The molecular weight excluding hydrogens is 287 g/mol. The Bertz CT molecular complexity index is 536. The molecule has 2 rings (SSSR count). The summed E-state index contributed by atoms with van der Waals surface area (Å²) in [6.07, 6.45) is 3.22. The van der Waals surface area contributed by atoms with Gasteiger partial charge in [-0.15, -0.1) is 0 Å². The Hall–Kier alpha value is -1.95. The predicted octanol–water partition coefficient (Wildman–Crippen LogP) is 1.22. The lowest BCUT2D eigenvalue weighted by Crippen LogP contribution is -2.40. The normalized spacial score (nSPS) is 21.2. The van der Waals surface area contributed by atoms with Crippen LogP contribution in [0, 0.1) is 11.7 Å². The molecule has 2 unspecified atom stereocenters. The van der Waals surface area contributed by atoms with E-state index in [1.54, 1.807) is 0 Å². The van der Waals surface area contributed by atoms with Gasteiger partial charge in [-0.05, 0) is 43.4 Å². The number of rotatable bonds is 5. The number of carbonyl (C=O) groups is 2. The molecule has 0 radical (unpaired) electrons. The molecule has 1 aromatic rings. The zero-order chi connectivity index (χ0) is 15.9. The fourth-order valence-electron chi connectivity index (χ4n) is 2.66. The van der Waals surface area contributed by atoms with Crippen LogP contribution in [-0.4, -0.2) is 36.1 Å². The number of aliphatic hydroxyl groups excluding tert-OH is 1. The molecule has 6 heteroatoms. The molecule has 3 N–H and O–H groups in total. The van der Waals surface area contributed by atoms with E-state index in [4.69, 9.17) is 0 Å². The summed E-state index contributed by atoms with van der Waals surface area (Å²) >= 11 is 0. The maximum absolute atomic E-state index is 13.0. The fraction of sp³-hybridized carbons (Fsp3) is 0.500. The van der Waals surface area contributed by atoms with Crippen LogP contribution in [0.5, 0.6) is 0 Å². The number of carbonyl (C=O) groups excluding carboxylic acids is 2. The van der Waals surface area contributed by atoms with Crippen molar-refractivity contribution in [3.63, 3.8) is 0 Å². The molecule has 0 saturated heterocycles. The van der Waals surface area contributed by atoms with E-state index in [0.29, 0.717) is 13.0 Å². The average molecular weight is 308 g/mol. The second-order valence-corrected chi connectivity index (χ2v) is 5.68. The van der Waals surface area contributed by atoms with Gasteiger partial charge in [0, 0.05) is 12.1 Å². The Balaban J connectivity index is 1.70. The first-order valence-corrected chi connectivity index (χ1v) is 7.53. The van der Waals surface area contributed by atoms with E-state index in [1.807, 2.05) is 0 Å². The monoisotopic (exact) mass is 308 g/mol. The second-order valence-electron chi connectivity index (χ2n) is 5.68. The number of hydrogen-bond acceptors (Lipinski definition) is 3. The standard InChI is InChI=1S/C16H21FN2O3/c17-13-5-2-4-12(8-13)16(22)19-10-15(21)18-9-11-3-1-6-14(20)7-11/h2,4-5,8,11,14,20H,1,3,6-7,9-10H2,(H,18,21)(H,19,22). The number of hydrogen-bond donors (Lipinski definition) is 3. The predicted molar refractivity (Wildman–Crippen MR) is 79.7 cm³/mol. The van der Waals surface area contributed by atoms with Crippen LogP contribution in [0.25, 0.3) is 0 Å². The number of halogens is 1. The number of aliphatic hydroxyl groups is 1. The van der Waals surface area contributed by atoms with E-state index in [2.05, 4.69) is 10.6 Å². The van der Waals surface area contributed by atoms with Gasteiger partial charge in [0.2, 0.25) is 5.91 Å². The fourth-order valence-corrected chi connectivity index (χ4v) is 2.66. The van der Waals surface area contributed by atoms with Gasteiger partial charge < -0.3 is 15.7 Å². The summed E-state index contributed by atoms with van der Waals surface area (Å²) < 4.78 is 13.0. The maximum atomic E-state index is 13.0. The van der Waals surface area contributed by atoms with Crippen molar-refractivity contribution in [2.24, 2.45) is 5.92 Å². The minimum Gasteiger partial charge on any atom is -0.393 e. The summed E-state index contributed by atoms with van der Waals surface area (Å²) in [7, 11) is 0. The van der Waals surface area contributed by atoms with E-state index in [9.17, 15) is 19.1 Å². The molecule has 1 fully saturated rings. The summed E-state index contributed by atoms with van der Waals surface area (Å²) in [4.78, 5) is 23.5. The number of amides is 2. The smallest absolute Gasteiger partial charge is 0.251 e. The van der Waals surface area contributed by atoms with E-state index < -0.39 is 11.7 Å². The minimum atomic E-state index is -0.493. The van der Waals surface area contributed by atoms with Crippen LogP contribution in [0.1, 0.15) is 36.0 Å². The Morgan fingerprint density at radius 3 is 2.82 bits per heavy atom. The highest BCUT2D eigenvalue weighted by Crippen LogP contribution is 2.23. The molecule has 1 aliphatic carbocycles. The van der Waals surface area contributed by atoms with Crippen molar-refractivity contribution in [1.82, 2.24) is 10.6 Å². The van der Waals surface area contributed by atoms with Crippen LogP contribution in [0.2, 0.25) is 0 Å². The molecule has 0 heterocycles. The van der Waals surface area contributed by atoms with Crippen molar-refractivity contribution in [3.8, 4) is 0 Å². The molecule has 0 spiro atoms. The lowest BCUT2D eigenvalue weighted by Gasteiger charge is -2.25. The third-order valence-corrected chi connectivity index (χ3v) is 3.84. The lowest BCUT2D eigenvalue weighted by atomic mass is 9.87. The molecule has 1 aliphatic rings. The second kappa shape index (κ2) is 7.89. The van der Waals surface area contributed by atoms with Gasteiger partial charge in [0.15, 0.2) is 0 Å². The van der Waals surface area contributed by atoms with Gasteiger partial charge in [0.1, 0.15) is 5.82 Å². The molecule has 120 valence electrons. The molecule has 2 atom stereocenters. The highest BCUT2D eigenvalue weighted by atomic mass is 19.1. The van der Waals surface area contributed by atoms with E-state index in [0.717, 1.165) is 25.3 Å². The SMILES string of the molecule is O=C(CNC(=O)c1cccc(F)c1)NCC1CCCC(O)C1. The largest absolute Gasteiger partial charge is 0.393 e. The van der Waals surface area contributed by atoms with Gasteiger partial charge >= 0.3 is 0 Å². The van der Waals surface area contributed by atoms with Crippen LogP contribution in [0.15, 0.2) is 24.3 Å². The summed E-state index contributed by atoms with van der Waals surface area (Å²) in [6.45, 7) is 0.357. The topological polar surface area (TPSA) is 78.4 Å². The van der Waals surface area contributed by atoms with Crippen LogP contribution in [0.3, 0.4) is 0 Å². The molecule has 1 aromatic carbocycles. The van der Waals surface area contributed by atoms with Crippen molar-refractivity contribution in [1.29, 1.82) is 0 Å². The van der Waals surface area contributed by atoms with Crippen molar-refractivity contribution in [2.45, 2.75) is 31.8 Å². The van der Waals surface area contributed by atoms with Crippen molar-refractivity contribution in [2.75, 3.05) is 13.1 Å². The lowest BCUT2D eigenvalue weighted by molar-refractivity contribution is -0.120. The number of nitrogens with one attached hydrogen (secondary N) is 2. The summed E-state index contributed by atoms with van der Waals surface area (Å²) in [6, 6.07) is 5.30. The Morgan fingerprint density at radius 1 is 1.27 bits per heavy atom. The Morgan fingerprint density at radius 2 is 2.09 bits per heavy atom. The van der Waals surface area contributed by atoms with Crippen LogP contribution >= 0.6 is 0 Å². The minimum absolute atomic E-state index is 0.148. The average Bonchev–Trinajstić information content (AvgIpc) is 2.50. The summed E-state index contributed by atoms with van der Waals surface area (Å²) in [5.41, 5.74) is 0.184. The quantitative estimate of drug-likeness (QED) is 0.765. The molecule has 2 amide bonds. The Kier molecular flexibility index (Phi) is 5.89. The molecule has 0 aromatic heterocycles. The van der Waals surface area contributed by atoms with Gasteiger partial charge in [0.05, 0.1) is 12.6 Å². The van der Waals surface area contributed by atoms with E-state index in [-0.39, 0.29) is 30.0 Å². The van der Waals surface area contributed by atoms with Crippen molar-refractivity contribution >= 4 is 11.8 Å². The molecule has 0 aliphatic heterocycles. The maximum Gasteiger partial charge on any atom is 0.251 e. The van der Waals surface area contributed by atoms with Crippen LogP contribution in [0.4, 0.5) is 4.39 Å². The summed E-state index contributed by atoms with van der Waals surface area (Å²) in [5.74, 6) is -0.980. The first-order valence-electron chi connectivity index (χ1n) is 7.53. The van der Waals surface area contributed by atoms with Crippen LogP contribution < -0.4 is 10.6 Å². The third kappa shape index (κ3) is 5.11. The third-order valence-electron chi connectivity index (χ3n) is 3.84. The Labute approximate surface area is 128 Å². The molecule has 1 saturated carbocycles. The van der Waals surface area contributed by atoms with E-state index in [1.165, 1.54) is 18.2 Å². The van der Waals surface area contributed by atoms with Crippen LogP contribution in [-0.2, 0) is 4.79 Å². The van der Waals surface area contributed by atoms with Gasteiger partial charge in [-0.25, -0.2) is 4.39 Å². The summed E-state index contributed by atoms with van der Waals surface area (Å²) in [5, 5.41) is 14.8. The van der Waals surface area contributed by atoms with Gasteiger partial charge in [0.25, 0.3) is 5.91 Å². The van der Waals surface area contributed by atoms with Crippen molar-refractivity contribution in [3.05, 3.63) is 35.6 Å². The molecular formula is C16H21FN2O3. The molecule has 5 nitrogen and oxygen atoms in total. The van der Waals surface area contributed by atoms with Gasteiger partial charge in [-0.1, -0.05) is 12.5 Å². The highest BCUT2D eigenvalue weighted by molar-refractivity contribution is 5.96.